The molecule has 5 rings (SSSR count). The third-order valence-corrected chi connectivity index (χ3v) is 6.54. The van der Waals surface area contributed by atoms with Crippen LogP contribution in [0.15, 0.2) is 48.8 Å². The lowest BCUT2D eigenvalue weighted by atomic mass is 9.96. The highest BCUT2D eigenvalue weighted by atomic mass is 19.4. The lowest BCUT2D eigenvalue weighted by Gasteiger charge is -2.30. The van der Waals surface area contributed by atoms with Crippen LogP contribution in [0.1, 0.15) is 42.4 Å². The minimum atomic E-state index is -4.47. The molecule has 3 aromatic heterocycles. The standard InChI is InChI=1S/C26H27F3N6/c1-16(2)23-19(6-5-12-30-23)24-20-14-35(13-11-21(20)34(4)32-24)18-9-7-17(8-10-18)25-31-22(15-33(25)3)26(27,28)29/h5-10,12,15-16H,11,13-14H2,1-4H3. The number of imidazole rings is 1. The summed E-state index contributed by atoms with van der Waals surface area (Å²) < 4.78 is 42.6. The lowest BCUT2D eigenvalue weighted by Crippen LogP contribution is -2.30. The fourth-order valence-electron chi connectivity index (χ4n) is 4.80. The van der Waals surface area contributed by atoms with E-state index in [1.54, 1.807) is 7.05 Å². The Morgan fingerprint density at radius 1 is 1.03 bits per heavy atom. The highest BCUT2D eigenvalue weighted by molar-refractivity contribution is 5.69. The highest BCUT2D eigenvalue weighted by Gasteiger charge is 2.34. The number of hydrogen-bond acceptors (Lipinski definition) is 4. The summed E-state index contributed by atoms with van der Waals surface area (Å²) in [7, 11) is 3.56. The molecule has 182 valence electrons. The van der Waals surface area contributed by atoms with Crippen LogP contribution in [0.2, 0.25) is 0 Å². The van der Waals surface area contributed by atoms with E-state index in [1.165, 1.54) is 15.8 Å². The lowest BCUT2D eigenvalue weighted by molar-refractivity contribution is -0.140. The molecule has 1 aromatic carbocycles. The van der Waals surface area contributed by atoms with Crippen LogP contribution in [0.25, 0.3) is 22.6 Å². The molecule has 0 fully saturated rings. The van der Waals surface area contributed by atoms with E-state index in [2.05, 4.69) is 34.8 Å². The quantitative estimate of drug-likeness (QED) is 0.382. The van der Waals surface area contributed by atoms with Gasteiger partial charge in [-0.2, -0.15) is 18.3 Å². The smallest absolute Gasteiger partial charge is 0.367 e. The van der Waals surface area contributed by atoms with Crippen molar-refractivity contribution in [1.29, 1.82) is 0 Å². The summed E-state index contributed by atoms with van der Waals surface area (Å²) in [4.78, 5) is 10.7. The van der Waals surface area contributed by atoms with Crippen molar-refractivity contribution in [3.8, 4) is 22.6 Å². The molecule has 0 atom stereocenters. The van der Waals surface area contributed by atoms with E-state index in [1.807, 2.05) is 48.3 Å². The SMILES string of the molecule is CC(C)c1ncccc1-c1nn(C)c2c1CN(c1ccc(-c3nc(C(F)(F)F)cn3C)cc1)CC2. The zero-order valence-corrected chi connectivity index (χ0v) is 20.1. The first-order valence-electron chi connectivity index (χ1n) is 11.6. The number of halogens is 3. The maximum Gasteiger partial charge on any atom is 0.434 e. The third-order valence-electron chi connectivity index (χ3n) is 6.54. The summed E-state index contributed by atoms with van der Waals surface area (Å²) in [6.07, 6.45) is -0.775. The number of nitrogens with zero attached hydrogens (tertiary/aromatic N) is 6. The Kier molecular flexibility index (Phi) is 5.65. The molecule has 0 spiro atoms. The van der Waals surface area contributed by atoms with Crippen LogP contribution in [0.4, 0.5) is 18.9 Å². The van der Waals surface area contributed by atoms with Crippen LogP contribution < -0.4 is 4.90 Å². The van der Waals surface area contributed by atoms with Gasteiger partial charge in [-0.25, -0.2) is 4.98 Å². The summed E-state index contributed by atoms with van der Waals surface area (Å²) >= 11 is 0. The van der Waals surface area contributed by atoms with E-state index in [0.29, 0.717) is 12.1 Å². The zero-order chi connectivity index (χ0) is 24.9. The molecule has 6 nitrogen and oxygen atoms in total. The first-order chi connectivity index (χ1) is 16.6. The van der Waals surface area contributed by atoms with Crippen molar-refractivity contribution in [2.45, 2.75) is 38.9 Å². The number of rotatable bonds is 4. The van der Waals surface area contributed by atoms with Gasteiger partial charge in [0.2, 0.25) is 0 Å². The average molecular weight is 481 g/mol. The van der Waals surface area contributed by atoms with E-state index in [-0.39, 0.29) is 11.7 Å². The topological polar surface area (TPSA) is 51.8 Å². The van der Waals surface area contributed by atoms with Crippen molar-refractivity contribution < 1.29 is 13.2 Å². The Bertz CT molecular complexity index is 1360. The molecule has 1 aliphatic rings. The van der Waals surface area contributed by atoms with Gasteiger partial charge in [0.25, 0.3) is 0 Å². The molecule has 0 bridgehead atoms. The minimum Gasteiger partial charge on any atom is -0.367 e. The Morgan fingerprint density at radius 2 is 1.77 bits per heavy atom. The highest BCUT2D eigenvalue weighted by Crippen LogP contribution is 2.35. The molecule has 1 aliphatic heterocycles. The predicted molar refractivity (Wildman–Crippen MR) is 129 cm³/mol. The van der Waals surface area contributed by atoms with Crippen LogP contribution in [0.5, 0.6) is 0 Å². The molecule has 0 saturated heterocycles. The molecule has 9 heteroatoms. The third kappa shape index (κ3) is 4.19. The number of pyridine rings is 1. The number of fused-ring (bicyclic) bond motifs is 1. The summed E-state index contributed by atoms with van der Waals surface area (Å²) in [5.41, 5.74) is 6.24. The second-order valence-corrected chi connectivity index (χ2v) is 9.27. The predicted octanol–water partition coefficient (Wildman–Crippen LogP) is 5.59. The molecule has 0 amide bonds. The van der Waals surface area contributed by atoms with Gasteiger partial charge in [0.05, 0.1) is 11.4 Å². The van der Waals surface area contributed by atoms with E-state index in [9.17, 15) is 13.2 Å². The van der Waals surface area contributed by atoms with Gasteiger partial charge in [0, 0.05) is 74.1 Å². The number of alkyl halides is 3. The van der Waals surface area contributed by atoms with Gasteiger partial charge in [-0.05, 0) is 42.3 Å². The molecular weight excluding hydrogens is 453 g/mol. The van der Waals surface area contributed by atoms with E-state index >= 15 is 0 Å². The van der Waals surface area contributed by atoms with Gasteiger partial charge < -0.3 is 9.47 Å². The first kappa shape index (κ1) is 23.1. The molecule has 4 aromatic rings. The fourth-order valence-corrected chi connectivity index (χ4v) is 4.80. The van der Waals surface area contributed by atoms with Gasteiger partial charge in [-0.15, -0.1) is 0 Å². The van der Waals surface area contributed by atoms with Gasteiger partial charge >= 0.3 is 6.18 Å². The zero-order valence-electron chi connectivity index (χ0n) is 20.1. The number of hydrogen-bond donors (Lipinski definition) is 0. The van der Waals surface area contributed by atoms with Crippen molar-refractivity contribution in [2.24, 2.45) is 14.1 Å². The summed E-state index contributed by atoms with van der Waals surface area (Å²) in [6, 6.07) is 11.6. The molecule has 0 N–H and O–H groups in total. The Hall–Kier alpha value is -3.62. The monoisotopic (exact) mass is 480 g/mol. The van der Waals surface area contributed by atoms with Gasteiger partial charge in [0.1, 0.15) is 5.82 Å². The van der Waals surface area contributed by atoms with E-state index in [0.717, 1.165) is 41.8 Å². The van der Waals surface area contributed by atoms with E-state index < -0.39 is 11.9 Å². The molecular formula is C26H27F3N6. The first-order valence-corrected chi connectivity index (χ1v) is 11.6. The molecule has 0 unspecified atom stereocenters. The van der Waals surface area contributed by atoms with E-state index in [4.69, 9.17) is 5.10 Å². The fraction of sp³-hybridized carbons (Fsp3) is 0.346. The minimum absolute atomic E-state index is 0.278. The van der Waals surface area contributed by atoms with Crippen molar-refractivity contribution in [2.75, 3.05) is 11.4 Å². The van der Waals surface area contributed by atoms with Gasteiger partial charge in [-0.1, -0.05) is 13.8 Å². The Balaban J connectivity index is 1.44. The van der Waals surface area contributed by atoms with Crippen molar-refractivity contribution in [3.63, 3.8) is 0 Å². The van der Waals surface area contributed by atoms with Crippen molar-refractivity contribution in [1.82, 2.24) is 24.3 Å². The second kappa shape index (κ2) is 8.55. The Labute approximate surface area is 202 Å². The largest absolute Gasteiger partial charge is 0.434 e. The number of aromatic nitrogens is 5. The number of aryl methyl sites for hydroxylation is 2. The second-order valence-electron chi connectivity index (χ2n) is 9.27. The van der Waals surface area contributed by atoms with Gasteiger partial charge in [-0.3, -0.25) is 9.67 Å². The summed E-state index contributed by atoms with van der Waals surface area (Å²) in [5.74, 6) is 0.567. The molecule has 35 heavy (non-hydrogen) atoms. The molecule has 4 heterocycles. The summed E-state index contributed by atoms with van der Waals surface area (Å²) in [5, 5.41) is 4.87. The van der Waals surface area contributed by atoms with Crippen LogP contribution in [0, 0.1) is 0 Å². The summed E-state index contributed by atoms with van der Waals surface area (Å²) in [6.45, 7) is 5.80. The van der Waals surface area contributed by atoms with Crippen LogP contribution in [0.3, 0.4) is 0 Å². The van der Waals surface area contributed by atoms with Gasteiger partial charge in [0.15, 0.2) is 5.69 Å². The van der Waals surface area contributed by atoms with Crippen LogP contribution in [-0.4, -0.2) is 30.9 Å². The molecule has 0 radical (unpaired) electrons. The maximum atomic E-state index is 13.1. The average Bonchev–Trinajstić information content (AvgIpc) is 3.39. The Morgan fingerprint density at radius 3 is 2.43 bits per heavy atom. The number of anilines is 1. The molecule has 0 saturated carbocycles. The normalized spacial score (nSPS) is 14.0. The van der Waals surface area contributed by atoms with Crippen LogP contribution >= 0.6 is 0 Å². The molecule has 0 aliphatic carbocycles. The maximum absolute atomic E-state index is 13.1. The van der Waals surface area contributed by atoms with Crippen molar-refractivity contribution >= 4 is 5.69 Å². The van der Waals surface area contributed by atoms with Crippen LogP contribution in [-0.2, 0) is 33.2 Å². The van der Waals surface area contributed by atoms with Crippen molar-refractivity contribution in [3.05, 3.63) is 71.4 Å². The number of benzene rings is 1.